The number of aromatic nitrogens is 2. The van der Waals surface area contributed by atoms with Crippen LogP contribution in [0.1, 0.15) is 12.0 Å². The van der Waals surface area contributed by atoms with E-state index in [-0.39, 0.29) is 18.5 Å². The first kappa shape index (κ1) is 16.2. The Hall–Kier alpha value is -2.67. The van der Waals surface area contributed by atoms with Gasteiger partial charge in [0, 0.05) is 19.2 Å². The molecule has 7 nitrogen and oxygen atoms in total. The topological polar surface area (TPSA) is 107 Å². The first-order chi connectivity index (χ1) is 11.5. The second-order valence-electron chi connectivity index (χ2n) is 6.12. The number of H-pyrrole nitrogens is 1. The molecule has 126 valence electrons. The molecule has 1 saturated heterocycles. The monoisotopic (exact) mass is 329 g/mol. The van der Waals surface area contributed by atoms with Crippen molar-refractivity contribution in [2.45, 2.75) is 18.9 Å². The summed E-state index contributed by atoms with van der Waals surface area (Å²) < 4.78 is 0. The molecular weight excluding hydrogens is 310 g/mol. The molecule has 7 heteroatoms. The van der Waals surface area contributed by atoms with E-state index in [1.54, 1.807) is 4.90 Å². The molecule has 2 heterocycles. The maximum absolute atomic E-state index is 12.1. The molecule has 0 amide bonds. The molecule has 1 aliphatic rings. The van der Waals surface area contributed by atoms with Crippen molar-refractivity contribution in [1.82, 2.24) is 9.97 Å². The molecule has 3 rings (SSSR count). The molecule has 24 heavy (non-hydrogen) atoms. The normalized spacial score (nSPS) is 23.9. The summed E-state index contributed by atoms with van der Waals surface area (Å²) >= 11 is 0. The van der Waals surface area contributed by atoms with Crippen LogP contribution in [-0.4, -0.2) is 45.3 Å². The van der Waals surface area contributed by atoms with Gasteiger partial charge in [0.25, 0.3) is 5.56 Å². The van der Waals surface area contributed by atoms with Crippen LogP contribution in [0.15, 0.2) is 47.5 Å². The smallest absolute Gasteiger partial charge is 0.314 e. The molecule has 1 aromatic carbocycles. The van der Waals surface area contributed by atoms with Crippen molar-refractivity contribution < 1.29 is 15.0 Å². The zero-order chi connectivity index (χ0) is 17.2. The number of aliphatic carboxylic acids is 1. The van der Waals surface area contributed by atoms with Crippen LogP contribution in [0.5, 0.6) is 0 Å². The maximum Gasteiger partial charge on any atom is 0.314 e. The van der Waals surface area contributed by atoms with Crippen LogP contribution in [0.25, 0.3) is 0 Å². The molecule has 3 N–H and O–H groups in total. The van der Waals surface area contributed by atoms with Crippen LogP contribution in [-0.2, 0) is 11.2 Å². The predicted octanol–water partition coefficient (Wildman–Crippen LogP) is 0.655. The number of rotatable bonds is 4. The number of benzene rings is 1. The van der Waals surface area contributed by atoms with Crippen LogP contribution in [0.3, 0.4) is 0 Å². The van der Waals surface area contributed by atoms with Gasteiger partial charge in [0.1, 0.15) is 11.2 Å². The minimum atomic E-state index is -1.34. The standard InChI is InChI=1S/C17H19N3O4/c21-13-6-7-20(14-8-15(22)19-11-18-14)10-17(13,16(23)24)9-12-4-2-1-3-5-12/h1-5,8,11,13,21H,6-7,9-10H2,(H,23,24)(H,18,19,22)/t13-,17-/m1/s1. The lowest BCUT2D eigenvalue weighted by atomic mass is 9.73. The van der Waals surface area contributed by atoms with Gasteiger partial charge in [-0.15, -0.1) is 0 Å². The fourth-order valence-corrected chi connectivity index (χ4v) is 3.23. The van der Waals surface area contributed by atoms with Crippen molar-refractivity contribution in [3.63, 3.8) is 0 Å². The number of hydrogen-bond donors (Lipinski definition) is 3. The number of nitrogens with one attached hydrogen (secondary N) is 1. The molecular formula is C17H19N3O4. The first-order valence-corrected chi connectivity index (χ1v) is 7.76. The van der Waals surface area contributed by atoms with Gasteiger partial charge in [0.2, 0.25) is 0 Å². The Morgan fingerprint density at radius 1 is 1.38 bits per heavy atom. The van der Waals surface area contributed by atoms with Crippen molar-refractivity contribution in [3.8, 4) is 0 Å². The summed E-state index contributed by atoms with van der Waals surface area (Å²) in [5, 5.41) is 20.3. The van der Waals surface area contributed by atoms with Crippen LogP contribution >= 0.6 is 0 Å². The lowest BCUT2D eigenvalue weighted by Crippen LogP contribution is -2.57. The molecule has 2 atom stereocenters. The van der Waals surface area contributed by atoms with E-state index < -0.39 is 17.5 Å². The Morgan fingerprint density at radius 2 is 2.12 bits per heavy atom. The Labute approximate surface area is 138 Å². The molecule has 1 fully saturated rings. The largest absolute Gasteiger partial charge is 0.481 e. The number of hydrogen-bond acceptors (Lipinski definition) is 5. The predicted molar refractivity (Wildman–Crippen MR) is 87.9 cm³/mol. The minimum absolute atomic E-state index is 0.0921. The van der Waals surface area contributed by atoms with Gasteiger partial charge >= 0.3 is 5.97 Å². The highest BCUT2D eigenvalue weighted by molar-refractivity contribution is 5.77. The van der Waals surface area contributed by atoms with Crippen LogP contribution < -0.4 is 10.5 Å². The molecule has 0 aliphatic carbocycles. The van der Waals surface area contributed by atoms with E-state index in [2.05, 4.69) is 9.97 Å². The third-order valence-electron chi connectivity index (χ3n) is 4.56. The van der Waals surface area contributed by atoms with Crippen molar-refractivity contribution in [3.05, 3.63) is 58.6 Å². The summed E-state index contributed by atoms with van der Waals surface area (Å²) in [5.74, 6) is -0.627. The maximum atomic E-state index is 12.1. The third-order valence-corrected chi connectivity index (χ3v) is 4.56. The SMILES string of the molecule is O=C(O)[C@]1(Cc2ccccc2)CN(c2cc(=O)[nH]cn2)CC[C@H]1O. The van der Waals surface area contributed by atoms with E-state index in [0.717, 1.165) is 5.56 Å². The van der Waals surface area contributed by atoms with Gasteiger partial charge in [0.15, 0.2) is 0 Å². The molecule has 1 aliphatic heterocycles. The lowest BCUT2D eigenvalue weighted by molar-refractivity contribution is -0.157. The van der Waals surface area contributed by atoms with E-state index in [4.69, 9.17) is 0 Å². The fraction of sp³-hybridized carbons (Fsp3) is 0.353. The van der Waals surface area contributed by atoms with Gasteiger partial charge in [-0.05, 0) is 18.4 Å². The summed E-state index contributed by atoms with van der Waals surface area (Å²) in [6, 6.07) is 10.6. The zero-order valence-corrected chi connectivity index (χ0v) is 13.1. The number of anilines is 1. The zero-order valence-electron chi connectivity index (χ0n) is 13.1. The van der Waals surface area contributed by atoms with Gasteiger partial charge < -0.3 is 20.1 Å². The molecule has 0 bridgehead atoms. The molecule has 1 aromatic heterocycles. The van der Waals surface area contributed by atoms with Gasteiger partial charge in [-0.2, -0.15) is 0 Å². The van der Waals surface area contributed by atoms with E-state index in [1.807, 2.05) is 30.3 Å². The highest BCUT2D eigenvalue weighted by Gasteiger charge is 2.49. The van der Waals surface area contributed by atoms with Crippen molar-refractivity contribution in [2.75, 3.05) is 18.0 Å². The van der Waals surface area contributed by atoms with Crippen molar-refractivity contribution >= 4 is 11.8 Å². The summed E-state index contributed by atoms with van der Waals surface area (Å²) in [6.45, 7) is 0.538. The van der Waals surface area contributed by atoms with E-state index in [1.165, 1.54) is 12.4 Å². The molecule has 0 unspecified atom stereocenters. The highest BCUT2D eigenvalue weighted by atomic mass is 16.4. The van der Waals surface area contributed by atoms with Crippen LogP contribution in [0, 0.1) is 5.41 Å². The number of aromatic amines is 1. The number of aliphatic hydroxyl groups is 1. The fourth-order valence-electron chi connectivity index (χ4n) is 3.23. The summed E-state index contributed by atoms with van der Waals surface area (Å²) in [4.78, 5) is 31.9. The lowest BCUT2D eigenvalue weighted by Gasteiger charge is -2.43. The Kier molecular flexibility index (Phi) is 4.35. The minimum Gasteiger partial charge on any atom is -0.481 e. The molecule has 2 aromatic rings. The second kappa shape index (κ2) is 6.45. The number of carbonyl (C=O) groups is 1. The summed E-state index contributed by atoms with van der Waals surface area (Å²) in [6.07, 6.45) is 0.841. The quantitative estimate of drug-likeness (QED) is 0.760. The first-order valence-electron chi connectivity index (χ1n) is 7.76. The average molecular weight is 329 g/mol. The van der Waals surface area contributed by atoms with E-state index >= 15 is 0 Å². The summed E-state index contributed by atoms with van der Waals surface area (Å²) in [5.41, 5.74) is -0.793. The van der Waals surface area contributed by atoms with E-state index in [9.17, 15) is 19.8 Å². The number of carboxylic acid groups (broad SMARTS) is 1. The Balaban J connectivity index is 1.94. The Bertz CT molecular complexity index is 777. The van der Waals surface area contributed by atoms with Gasteiger partial charge in [0.05, 0.1) is 12.4 Å². The van der Waals surface area contributed by atoms with E-state index in [0.29, 0.717) is 18.8 Å². The summed E-state index contributed by atoms with van der Waals surface area (Å²) in [7, 11) is 0. The Morgan fingerprint density at radius 3 is 2.79 bits per heavy atom. The highest BCUT2D eigenvalue weighted by Crippen LogP contribution is 2.35. The van der Waals surface area contributed by atoms with Gasteiger partial charge in [-0.1, -0.05) is 30.3 Å². The number of aliphatic hydroxyl groups excluding tert-OH is 1. The average Bonchev–Trinajstić information content (AvgIpc) is 2.57. The van der Waals surface area contributed by atoms with Crippen LogP contribution in [0.2, 0.25) is 0 Å². The second-order valence-corrected chi connectivity index (χ2v) is 6.12. The molecule has 0 spiro atoms. The number of nitrogens with zero attached hydrogens (tertiary/aromatic N) is 2. The molecule has 0 radical (unpaired) electrons. The van der Waals surface area contributed by atoms with Crippen molar-refractivity contribution in [1.29, 1.82) is 0 Å². The molecule has 0 saturated carbocycles. The number of carboxylic acids is 1. The van der Waals surface area contributed by atoms with Gasteiger partial charge in [-0.25, -0.2) is 4.98 Å². The van der Waals surface area contributed by atoms with Crippen LogP contribution in [0.4, 0.5) is 5.82 Å². The van der Waals surface area contributed by atoms with Crippen molar-refractivity contribution in [2.24, 2.45) is 5.41 Å². The third kappa shape index (κ3) is 3.03. The van der Waals surface area contributed by atoms with Gasteiger partial charge in [-0.3, -0.25) is 9.59 Å². The number of piperidine rings is 1.